The number of halogens is 1. The van der Waals surface area contributed by atoms with Gasteiger partial charge in [0.05, 0.1) is 12.2 Å². The average Bonchev–Trinajstić information content (AvgIpc) is 3.11. The van der Waals surface area contributed by atoms with Crippen molar-refractivity contribution in [2.24, 2.45) is 0 Å². The molecular formula is C27H38BrN3O4Si. The Bertz CT molecular complexity index is 1200. The third-order valence-corrected chi connectivity index (χ3v) is 11.0. The number of carbonyl (C=O) groups excluding carboxylic acids is 1. The molecule has 0 spiro atoms. The molecule has 1 aromatic carbocycles. The Morgan fingerprint density at radius 2 is 1.83 bits per heavy atom. The fourth-order valence-corrected chi connectivity index (χ4v) is 4.76. The fourth-order valence-electron chi connectivity index (χ4n) is 3.40. The number of alkyl carbamates (subject to hydrolysis) is 1. The molecule has 3 aromatic rings. The number of aromatic nitrogens is 2. The summed E-state index contributed by atoms with van der Waals surface area (Å²) in [6.45, 7) is 16.9. The summed E-state index contributed by atoms with van der Waals surface area (Å²) < 4.78 is 18.8. The van der Waals surface area contributed by atoms with Crippen molar-refractivity contribution < 1.29 is 18.7 Å². The summed E-state index contributed by atoms with van der Waals surface area (Å²) >= 11 is 3.41. The van der Waals surface area contributed by atoms with Crippen LogP contribution >= 0.6 is 15.9 Å². The van der Waals surface area contributed by atoms with E-state index in [1.807, 2.05) is 45.2 Å². The first-order valence-electron chi connectivity index (χ1n) is 12.1. The Balaban J connectivity index is 1.83. The lowest BCUT2D eigenvalue weighted by atomic mass is 10.1. The normalized spacial score (nSPS) is 13.4. The maximum atomic E-state index is 12.6. The van der Waals surface area contributed by atoms with E-state index in [1.165, 1.54) is 0 Å². The van der Waals surface area contributed by atoms with Crippen molar-refractivity contribution in [2.75, 3.05) is 6.61 Å². The van der Waals surface area contributed by atoms with Gasteiger partial charge in [-0.3, -0.25) is 4.98 Å². The van der Waals surface area contributed by atoms with E-state index in [4.69, 9.17) is 13.9 Å². The molecule has 1 amide bonds. The van der Waals surface area contributed by atoms with Gasteiger partial charge in [0.2, 0.25) is 8.32 Å². The zero-order valence-electron chi connectivity index (χ0n) is 22.5. The van der Waals surface area contributed by atoms with Gasteiger partial charge in [-0.2, -0.15) is 0 Å². The van der Waals surface area contributed by atoms with Gasteiger partial charge in [0, 0.05) is 27.8 Å². The van der Waals surface area contributed by atoms with E-state index in [0.717, 1.165) is 26.7 Å². The lowest BCUT2D eigenvalue weighted by molar-refractivity contribution is 0.0488. The SMILES string of the molecule is CC(C)(C)OC(=O)NC(COc1cncc(Br)c1)Cc1c[nH]c2ccc(O[Si](C)(C)C(C)(C)C)cc12. The Labute approximate surface area is 223 Å². The van der Waals surface area contributed by atoms with Crippen LogP contribution in [0.25, 0.3) is 10.9 Å². The van der Waals surface area contributed by atoms with Gasteiger partial charge in [0.25, 0.3) is 0 Å². The van der Waals surface area contributed by atoms with Gasteiger partial charge in [-0.05, 0) is 91.1 Å². The highest BCUT2D eigenvalue weighted by atomic mass is 79.9. The minimum absolute atomic E-state index is 0.101. The highest BCUT2D eigenvalue weighted by molar-refractivity contribution is 9.10. The van der Waals surface area contributed by atoms with Crippen LogP contribution in [0, 0.1) is 0 Å². The zero-order valence-corrected chi connectivity index (χ0v) is 25.1. The van der Waals surface area contributed by atoms with Gasteiger partial charge < -0.3 is 24.2 Å². The molecule has 0 aliphatic rings. The van der Waals surface area contributed by atoms with E-state index in [-0.39, 0.29) is 17.7 Å². The highest BCUT2D eigenvalue weighted by Crippen LogP contribution is 2.38. The third-order valence-electron chi connectivity index (χ3n) is 6.24. The minimum atomic E-state index is -1.98. The molecule has 9 heteroatoms. The molecule has 1 unspecified atom stereocenters. The molecule has 0 aliphatic heterocycles. The molecule has 3 rings (SSSR count). The Morgan fingerprint density at radius 1 is 1.11 bits per heavy atom. The number of H-pyrrole nitrogens is 1. The molecule has 0 fully saturated rings. The van der Waals surface area contributed by atoms with Crippen molar-refractivity contribution in [3.05, 3.63) is 52.9 Å². The number of fused-ring (bicyclic) bond motifs is 1. The smallest absolute Gasteiger partial charge is 0.408 e. The molecule has 0 bridgehead atoms. The van der Waals surface area contributed by atoms with Crippen LogP contribution in [0.2, 0.25) is 18.1 Å². The van der Waals surface area contributed by atoms with Gasteiger partial charge >= 0.3 is 6.09 Å². The van der Waals surface area contributed by atoms with E-state index < -0.39 is 20.0 Å². The van der Waals surface area contributed by atoms with Crippen molar-refractivity contribution in [3.63, 3.8) is 0 Å². The molecule has 36 heavy (non-hydrogen) atoms. The Kier molecular flexibility index (Phi) is 8.45. The number of aromatic amines is 1. The van der Waals surface area contributed by atoms with Crippen LogP contribution in [0.5, 0.6) is 11.5 Å². The molecule has 2 N–H and O–H groups in total. The summed E-state index contributed by atoms with van der Waals surface area (Å²) in [4.78, 5) is 20.1. The summed E-state index contributed by atoms with van der Waals surface area (Å²) in [6, 6.07) is 7.66. The van der Waals surface area contributed by atoms with Gasteiger partial charge in [0.15, 0.2) is 0 Å². The van der Waals surface area contributed by atoms with Crippen LogP contribution in [0.3, 0.4) is 0 Å². The van der Waals surface area contributed by atoms with E-state index >= 15 is 0 Å². The average molecular weight is 577 g/mol. The predicted molar refractivity (Wildman–Crippen MR) is 150 cm³/mol. The zero-order chi connectivity index (χ0) is 26.7. The van der Waals surface area contributed by atoms with Crippen LogP contribution in [-0.2, 0) is 11.2 Å². The second kappa shape index (κ2) is 10.8. The number of carbonyl (C=O) groups is 1. The molecule has 2 heterocycles. The Hall–Kier alpha value is -2.52. The second-order valence-electron chi connectivity index (χ2n) is 11.6. The lowest BCUT2D eigenvalue weighted by Crippen LogP contribution is -2.43. The quantitative estimate of drug-likeness (QED) is 0.277. The van der Waals surface area contributed by atoms with E-state index in [0.29, 0.717) is 12.2 Å². The minimum Gasteiger partial charge on any atom is -0.543 e. The highest BCUT2D eigenvalue weighted by Gasteiger charge is 2.39. The molecule has 0 aliphatic carbocycles. The van der Waals surface area contributed by atoms with Crippen LogP contribution in [0.1, 0.15) is 47.1 Å². The predicted octanol–water partition coefficient (Wildman–Crippen LogP) is 7.22. The molecule has 0 saturated carbocycles. The van der Waals surface area contributed by atoms with Crippen molar-refractivity contribution in [2.45, 2.75) is 77.7 Å². The first-order chi connectivity index (χ1) is 16.6. The summed E-state index contributed by atoms with van der Waals surface area (Å²) in [6.07, 6.45) is 5.38. The van der Waals surface area contributed by atoms with Crippen molar-refractivity contribution in [1.82, 2.24) is 15.3 Å². The number of hydrogen-bond acceptors (Lipinski definition) is 5. The lowest BCUT2D eigenvalue weighted by Gasteiger charge is -2.36. The Morgan fingerprint density at radius 3 is 2.47 bits per heavy atom. The molecule has 2 aromatic heterocycles. The monoisotopic (exact) mass is 575 g/mol. The maximum Gasteiger partial charge on any atom is 0.408 e. The van der Waals surface area contributed by atoms with Crippen LogP contribution < -0.4 is 14.5 Å². The summed E-state index contributed by atoms with van der Waals surface area (Å²) in [5.74, 6) is 1.48. The van der Waals surface area contributed by atoms with E-state index in [9.17, 15) is 4.79 Å². The molecule has 0 radical (unpaired) electrons. The van der Waals surface area contributed by atoms with Crippen molar-refractivity contribution in [1.29, 1.82) is 0 Å². The van der Waals surface area contributed by atoms with Gasteiger partial charge in [-0.1, -0.05) is 20.8 Å². The summed E-state index contributed by atoms with van der Waals surface area (Å²) in [7, 11) is -1.98. The largest absolute Gasteiger partial charge is 0.543 e. The summed E-state index contributed by atoms with van der Waals surface area (Å²) in [5.41, 5.74) is 1.48. The number of nitrogens with zero attached hydrogens (tertiary/aromatic N) is 1. The summed E-state index contributed by atoms with van der Waals surface area (Å²) in [5, 5.41) is 4.14. The molecule has 1 atom stereocenters. The number of amides is 1. The maximum absolute atomic E-state index is 12.6. The standard InChI is InChI=1S/C27H38BrN3O4Si/c1-26(2,3)34-25(32)31-20(17-33-22-12-19(28)15-29-16-22)11-18-14-30-24-10-9-21(13-23(18)24)35-36(7,8)27(4,5)6/h9-10,12-16,20,30H,11,17H2,1-8H3,(H,31,32). The van der Waals surface area contributed by atoms with E-state index in [2.05, 4.69) is 71.1 Å². The number of ether oxygens (including phenoxy) is 2. The molecule has 0 saturated heterocycles. The second-order valence-corrected chi connectivity index (χ2v) is 17.2. The number of rotatable bonds is 8. The number of pyridine rings is 1. The number of benzene rings is 1. The topological polar surface area (TPSA) is 85.5 Å². The van der Waals surface area contributed by atoms with Crippen LogP contribution in [0.4, 0.5) is 4.79 Å². The first-order valence-corrected chi connectivity index (χ1v) is 15.8. The molecule has 196 valence electrons. The van der Waals surface area contributed by atoms with Crippen LogP contribution in [0.15, 0.2) is 47.3 Å². The van der Waals surface area contributed by atoms with Gasteiger partial charge in [-0.25, -0.2) is 4.79 Å². The number of nitrogens with one attached hydrogen (secondary N) is 2. The van der Waals surface area contributed by atoms with E-state index in [1.54, 1.807) is 12.4 Å². The molecule has 7 nitrogen and oxygen atoms in total. The van der Waals surface area contributed by atoms with Crippen LogP contribution in [-0.4, -0.2) is 42.6 Å². The molecular weight excluding hydrogens is 538 g/mol. The van der Waals surface area contributed by atoms with Crippen molar-refractivity contribution in [3.8, 4) is 11.5 Å². The fraction of sp³-hybridized carbons (Fsp3) is 0.481. The first kappa shape index (κ1) is 28.1. The van der Waals surface area contributed by atoms with Gasteiger partial charge in [0.1, 0.15) is 23.7 Å². The van der Waals surface area contributed by atoms with Crippen molar-refractivity contribution >= 4 is 41.2 Å². The number of hydrogen-bond donors (Lipinski definition) is 2. The third kappa shape index (κ3) is 7.74. The van der Waals surface area contributed by atoms with Gasteiger partial charge in [-0.15, -0.1) is 0 Å².